The summed E-state index contributed by atoms with van der Waals surface area (Å²) in [6, 6.07) is 11.3. The molecule has 1 amide bonds. The van der Waals surface area contributed by atoms with E-state index in [4.69, 9.17) is 14.0 Å². The molecule has 2 unspecified atom stereocenters. The van der Waals surface area contributed by atoms with Crippen molar-refractivity contribution in [2.45, 2.75) is 25.3 Å². The quantitative estimate of drug-likeness (QED) is 0.611. The van der Waals surface area contributed by atoms with Crippen LogP contribution in [0.2, 0.25) is 0 Å². The molecule has 0 aliphatic carbocycles. The monoisotopic (exact) mass is 411 g/mol. The Bertz CT molecular complexity index is 1050. The molecule has 1 fully saturated rings. The number of methoxy groups -OCH3 is 2. The van der Waals surface area contributed by atoms with Crippen molar-refractivity contribution in [3.05, 3.63) is 59.7 Å². The average Bonchev–Trinajstić information content (AvgIpc) is 3.40. The molecule has 2 atom stereocenters. The first-order valence-electron chi connectivity index (χ1n) is 9.61. The van der Waals surface area contributed by atoms with Crippen molar-refractivity contribution in [2.75, 3.05) is 20.8 Å². The Balaban J connectivity index is 1.51. The van der Waals surface area contributed by atoms with E-state index < -0.39 is 0 Å². The lowest BCUT2D eigenvalue weighted by Crippen LogP contribution is -2.28. The molecule has 0 N–H and O–H groups in total. The first-order valence-corrected chi connectivity index (χ1v) is 9.61. The van der Waals surface area contributed by atoms with Crippen LogP contribution in [0.4, 0.5) is 4.39 Å². The van der Waals surface area contributed by atoms with E-state index in [1.807, 2.05) is 25.1 Å². The van der Waals surface area contributed by atoms with Gasteiger partial charge in [-0.05, 0) is 48.9 Å². The topological polar surface area (TPSA) is 77.7 Å². The molecule has 2 aromatic carbocycles. The second kappa shape index (κ2) is 8.14. The number of carbonyl (C=O) groups is 1. The Labute approximate surface area is 173 Å². The molecular formula is C22H22FN3O4. The van der Waals surface area contributed by atoms with E-state index in [1.54, 1.807) is 31.3 Å². The van der Waals surface area contributed by atoms with Crippen LogP contribution in [-0.2, 0) is 4.79 Å². The summed E-state index contributed by atoms with van der Waals surface area (Å²) in [5.74, 6) is 1.56. The molecule has 1 aliphatic heterocycles. The van der Waals surface area contributed by atoms with Gasteiger partial charge in [0.1, 0.15) is 5.82 Å². The number of likely N-dealkylation sites (tertiary alicyclic amines) is 1. The smallest absolute Gasteiger partial charge is 0.257 e. The summed E-state index contributed by atoms with van der Waals surface area (Å²) in [6.45, 7) is 2.46. The van der Waals surface area contributed by atoms with E-state index in [2.05, 4.69) is 10.1 Å². The van der Waals surface area contributed by atoms with Gasteiger partial charge in [0, 0.05) is 24.4 Å². The van der Waals surface area contributed by atoms with Gasteiger partial charge in [0.25, 0.3) is 5.89 Å². The van der Waals surface area contributed by atoms with E-state index in [1.165, 1.54) is 12.1 Å². The third-order valence-corrected chi connectivity index (χ3v) is 5.41. The van der Waals surface area contributed by atoms with E-state index in [0.717, 1.165) is 5.56 Å². The van der Waals surface area contributed by atoms with Crippen molar-refractivity contribution >= 4 is 5.91 Å². The molecule has 1 saturated heterocycles. The number of hydrogen-bond acceptors (Lipinski definition) is 6. The predicted octanol–water partition coefficient (Wildman–Crippen LogP) is 3.97. The zero-order valence-electron chi connectivity index (χ0n) is 17.0. The minimum Gasteiger partial charge on any atom is -0.493 e. The number of amides is 1. The van der Waals surface area contributed by atoms with Crippen LogP contribution in [0.3, 0.4) is 0 Å². The molecule has 0 radical (unpaired) electrons. The van der Waals surface area contributed by atoms with E-state index in [-0.39, 0.29) is 23.7 Å². The highest BCUT2D eigenvalue weighted by atomic mass is 19.1. The second-order valence-electron chi connectivity index (χ2n) is 7.20. The van der Waals surface area contributed by atoms with Crippen molar-refractivity contribution in [2.24, 2.45) is 0 Å². The van der Waals surface area contributed by atoms with Crippen LogP contribution in [0.25, 0.3) is 11.5 Å². The number of rotatable bonds is 6. The molecule has 1 aliphatic rings. The van der Waals surface area contributed by atoms with Crippen LogP contribution < -0.4 is 9.47 Å². The molecule has 156 valence electrons. The number of carbonyl (C=O) groups excluding carboxylic acids is 1. The molecule has 8 heteroatoms. The fraction of sp³-hybridized carbons (Fsp3) is 0.318. The number of aromatic nitrogens is 2. The number of hydrogen-bond donors (Lipinski definition) is 0. The zero-order valence-corrected chi connectivity index (χ0v) is 17.0. The van der Waals surface area contributed by atoms with E-state index in [0.29, 0.717) is 41.7 Å². The maximum atomic E-state index is 13.1. The summed E-state index contributed by atoms with van der Waals surface area (Å²) in [4.78, 5) is 18.9. The van der Waals surface area contributed by atoms with Crippen LogP contribution in [0.1, 0.15) is 36.7 Å². The van der Waals surface area contributed by atoms with Gasteiger partial charge >= 0.3 is 0 Å². The Morgan fingerprint density at radius 2 is 1.87 bits per heavy atom. The Hall–Kier alpha value is -3.42. The lowest BCUT2D eigenvalue weighted by molar-refractivity contribution is -0.129. The highest BCUT2D eigenvalue weighted by Crippen LogP contribution is 2.36. The highest BCUT2D eigenvalue weighted by Gasteiger charge is 2.36. The summed E-state index contributed by atoms with van der Waals surface area (Å²) in [5.41, 5.74) is 1.58. The molecule has 30 heavy (non-hydrogen) atoms. The molecule has 4 rings (SSSR count). The van der Waals surface area contributed by atoms with Gasteiger partial charge in [0.15, 0.2) is 17.3 Å². The Morgan fingerprint density at radius 3 is 2.57 bits per heavy atom. The summed E-state index contributed by atoms with van der Waals surface area (Å²) in [5, 5.41) is 4.05. The molecule has 0 bridgehead atoms. The molecule has 0 saturated carbocycles. The SMILES string of the molecule is COc1ccc(C(C)N2CC(c3noc(-c4ccc(F)cc4)n3)CC2=O)cc1OC. The van der Waals surface area contributed by atoms with Crippen LogP contribution in [0.5, 0.6) is 11.5 Å². The minimum atomic E-state index is -0.334. The van der Waals surface area contributed by atoms with E-state index >= 15 is 0 Å². The summed E-state index contributed by atoms with van der Waals surface area (Å²) in [6.07, 6.45) is 0.306. The third kappa shape index (κ3) is 3.72. The first kappa shape index (κ1) is 19.9. The molecule has 3 aromatic rings. The maximum absolute atomic E-state index is 13.1. The second-order valence-corrected chi connectivity index (χ2v) is 7.20. The van der Waals surface area contributed by atoms with Gasteiger partial charge in [-0.15, -0.1) is 0 Å². The Kier molecular flexibility index (Phi) is 5.39. The standard InChI is InChI=1S/C22H22FN3O4/c1-13(15-6-9-18(28-2)19(10-15)29-3)26-12-16(11-20(26)27)21-24-22(30-25-21)14-4-7-17(23)8-5-14/h4-10,13,16H,11-12H2,1-3H3. The maximum Gasteiger partial charge on any atom is 0.257 e. The van der Waals surface area contributed by atoms with Crippen molar-refractivity contribution in [1.29, 1.82) is 0 Å². The molecule has 1 aromatic heterocycles. The first-order chi connectivity index (χ1) is 14.5. The molecular weight excluding hydrogens is 389 g/mol. The number of nitrogens with zero attached hydrogens (tertiary/aromatic N) is 3. The fourth-order valence-electron chi connectivity index (χ4n) is 3.68. The third-order valence-electron chi connectivity index (χ3n) is 5.41. The van der Waals surface area contributed by atoms with Gasteiger partial charge in [0.05, 0.1) is 20.3 Å². The molecule has 2 heterocycles. The summed E-state index contributed by atoms with van der Waals surface area (Å²) in [7, 11) is 3.17. The lowest BCUT2D eigenvalue weighted by Gasteiger charge is -2.25. The van der Waals surface area contributed by atoms with Gasteiger partial charge in [-0.3, -0.25) is 4.79 Å². The number of halogens is 1. The fourth-order valence-corrected chi connectivity index (χ4v) is 3.68. The van der Waals surface area contributed by atoms with Crippen LogP contribution in [0, 0.1) is 5.82 Å². The molecule has 7 nitrogen and oxygen atoms in total. The minimum absolute atomic E-state index is 0.0235. The Morgan fingerprint density at radius 1 is 1.13 bits per heavy atom. The lowest BCUT2D eigenvalue weighted by atomic mass is 10.1. The number of benzene rings is 2. The highest BCUT2D eigenvalue weighted by molar-refractivity contribution is 5.80. The van der Waals surface area contributed by atoms with Gasteiger partial charge < -0.3 is 18.9 Å². The van der Waals surface area contributed by atoms with Crippen molar-refractivity contribution in [1.82, 2.24) is 15.0 Å². The van der Waals surface area contributed by atoms with Crippen LogP contribution in [0.15, 0.2) is 47.0 Å². The summed E-state index contributed by atoms with van der Waals surface area (Å²) < 4.78 is 29.1. The van der Waals surface area contributed by atoms with Gasteiger partial charge in [-0.25, -0.2) is 4.39 Å². The van der Waals surface area contributed by atoms with Crippen molar-refractivity contribution < 1.29 is 23.2 Å². The van der Waals surface area contributed by atoms with Crippen molar-refractivity contribution in [3.8, 4) is 23.0 Å². The van der Waals surface area contributed by atoms with Crippen molar-refractivity contribution in [3.63, 3.8) is 0 Å². The largest absolute Gasteiger partial charge is 0.493 e. The predicted molar refractivity (Wildman–Crippen MR) is 107 cm³/mol. The number of ether oxygens (including phenoxy) is 2. The normalized spacial score (nSPS) is 17.3. The molecule has 0 spiro atoms. The van der Waals surface area contributed by atoms with E-state index in [9.17, 15) is 9.18 Å². The van der Waals surface area contributed by atoms with Crippen LogP contribution in [-0.4, -0.2) is 41.7 Å². The van der Waals surface area contributed by atoms with Gasteiger partial charge in [-0.2, -0.15) is 4.98 Å². The van der Waals surface area contributed by atoms with Gasteiger partial charge in [0.2, 0.25) is 5.91 Å². The average molecular weight is 411 g/mol. The zero-order chi connectivity index (χ0) is 21.3. The van der Waals surface area contributed by atoms with Crippen LogP contribution >= 0.6 is 0 Å². The van der Waals surface area contributed by atoms with Gasteiger partial charge in [-0.1, -0.05) is 11.2 Å². The summed E-state index contributed by atoms with van der Waals surface area (Å²) >= 11 is 0.